The molecule has 0 aromatic heterocycles. The van der Waals surface area contributed by atoms with Crippen LogP contribution in [0.25, 0.3) is 0 Å². The van der Waals surface area contributed by atoms with E-state index in [0.717, 1.165) is 23.5 Å². The second-order valence-electron chi connectivity index (χ2n) is 7.04. The van der Waals surface area contributed by atoms with Crippen molar-refractivity contribution in [2.45, 2.75) is 53.9 Å². The van der Waals surface area contributed by atoms with Crippen LogP contribution in [0.15, 0.2) is 60.8 Å². The largest absolute Gasteiger partial charge is 0.0985 e. The van der Waals surface area contributed by atoms with Crippen LogP contribution in [0.5, 0.6) is 0 Å². The summed E-state index contributed by atoms with van der Waals surface area (Å²) in [6.45, 7) is 23.0. The zero-order chi connectivity index (χ0) is 15.8. The molecule has 112 valence electrons. The second-order valence-corrected chi connectivity index (χ2v) is 7.04. The zero-order valence-electron chi connectivity index (χ0n) is 14.1. The normalized spacial score (nSPS) is 14.3. The molecule has 0 nitrogen and oxygen atoms in total. The van der Waals surface area contributed by atoms with Gasteiger partial charge in [0.1, 0.15) is 0 Å². The molecule has 1 atom stereocenters. The first-order valence-corrected chi connectivity index (χ1v) is 7.50. The van der Waals surface area contributed by atoms with Crippen molar-refractivity contribution in [3.63, 3.8) is 0 Å². The molecule has 0 saturated carbocycles. The molecule has 0 fully saturated rings. The van der Waals surface area contributed by atoms with E-state index in [0.29, 0.717) is 5.41 Å². The number of allylic oxidation sites excluding steroid dienone is 7. The van der Waals surface area contributed by atoms with Crippen molar-refractivity contribution in [3.05, 3.63) is 60.8 Å². The fraction of sp³-hybridized carbons (Fsp3) is 0.500. The third-order valence-electron chi connectivity index (χ3n) is 3.33. The summed E-state index contributed by atoms with van der Waals surface area (Å²) in [5.74, 6) is 0.776. The second kappa shape index (κ2) is 8.79. The smallest absolute Gasteiger partial charge is 0.0262 e. The predicted molar refractivity (Wildman–Crippen MR) is 93.8 cm³/mol. The van der Waals surface area contributed by atoms with Crippen molar-refractivity contribution in [2.75, 3.05) is 0 Å². The Morgan fingerprint density at radius 3 is 2.25 bits per heavy atom. The summed E-state index contributed by atoms with van der Waals surface area (Å²) in [5, 5.41) is 0. The van der Waals surface area contributed by atoms with Gasteiger partial charge < -0.3 is 0 Å². The van der Waals surface area contributed by atoms with Gasteiger partial charge >= 0.3 is 0 Å². The SMILES string of the molecule is C=CC(=C)C(=C)/C=C\C=C(/C)CCC(C)CC(C)(C)C. The fourth-order valence-electron chi connectivity index (χ4n) is 2.27. The summed E-state index contributed by atoms with van der Waals surface area (Å²) < 4.78 is 0. The first-order chi connectivity index (χ1) is 9.15. The molecule has 0 aliphatic carbocycles. The Morgan fingerprint density at radius 2 is 1.75 bits per heavy atom. The van der Waals surface area contributed by atoms with Crippen molar-refractivity contribution >= 4 is 0 Å². The van der Waals surface area contributed by atoms with Crippen LogP contribution in [0.2, 0.25) is 0 Å². The minimum Gasteiger partial charge on any atom is -0.0985 e. The van der Waals surface area contributed by atoms with Gasteiger partial charge in [-0.05, 0) is 48.7 Å². The Morgan fingerprint density at radius 1 is 1.15 bits per heavy atom. The van der Waals surface area contributed by atoms with E-state index in [2.05, 4.69) is 66.5 Å². The van der Waals surface area contributed by atoms with E-state index >= 15 is 0 Å². The first kappa shape index (κ1) is 18.7. The molecule has 0 rings (SSSR count). The van der Waals surface area contributed by atoms with Crippen LogP contribution in [0.3, 0.4) is 0 Å². The van der Waals surface area contributed by atoms with E-state index in [4.69, 9.17) is 0 Å². The minimum absolute atomic E-state index is 0.430. The van der Waals surface area contributed by atoms with Gasteiger partial charge in [-0.3, -0.25) is 0 Å². The molecule has 0 radical (unpaired) electrons. The van der Waals surface area contributed by atoms with Gasteiger partial charge in [-0.25, -0.2) is 0 Å². The first-order valence-electron chi connectivity index (χ1n) is 7.50. The highest BCUT2D eigenvalue weighted by Gasteiger charge is 2.14. The third-order valence-corrected chi connectivity index (χ3v) is 3.33. The average Bonchev–Trinajstić information content (AvgIpc) is 2.33. The molecule has 0 amide bonds. The van der Waals surface area contributed by atoms with E-state index in [1.807, 2.05) is 6.08 Å². The summed E-state index contributed by atoms with van der Waals surface area (Å²) in [7, 11) is 0. The third kappa shape index (κ3) is 9.61. The van der Waals surface area contributed by atoms with Crippen molar-refractivity contribution in [3.8, 4) is 0 Å². The molecule has 0 bridgehead atoms. The van der Waals surface area contributed by atoms with Gasteiger partial charge in [-0.2, -0.15) is 0 Å². The number of hydrogen-bond donors (Lipinski definition) is 0. The Bertz CT molecular complexity index is 396. The van der Waals surface area contributed by atoms with Crippen LogP contribution in [-0.4, -0.2) is 0 Å². The summed E-state index contributed by atoms with van der Waals surface area (Å²) in [4.78, 5) is 0. The molecule has 0 heteroatoms. The lowest BCUT2D eigenvalue weighted by Gasteiger charge is -2.23. The quantitative estimate of drug-likeness (QED) is 0.434. The Kier molecular flexibility index (Phi) is 8.22. The highest BCUT2D eigenvalue weighted by atomic mass is 14.2. The van der Waals surface area contributed by atoms with Crippen LogP contribution in [-0.2, 0) is 0 Å². The van der Waals surface area contributed by atoms with Crippen molar-refractivity contribution in [1.29, 1.82) is 0 Å². The molecule has 0 aromatic carbocycles. The van der Waals surface area contributed by atoms with E-state index in [1.165, 1.54) is 18.4 Å². The summed E-state index contributed by atoms with van der Waals surface area (Å²) in [6.07, 6.45) is 11.7. The molecule has 0 aliphatic rings. The number of hydrogen-bond acceptors (Lipinski definition) is 0. The topological polar surface area (TPSA) is 0 Å². The average molecular weight is 272 g/mol. The van der Waals surface area contributed by atoms with E-state index in [9.17, 15) is 0 Å². The Hall–Kier alpha value is -1.30. The van der Waals surface area contributed by atoms with Crippen LogP contribution in [0.4, 0.5) is 0 Å². The van der Waals surface area contributed by atoms with Crippen molar-refractivity contribution in [2.24, 2.45) is 11.3 Å². The molecule has 0 saturated heterocycles. The van der Waals surface area contributed by atoms with E-state index in [-0.39, 0.29) is 0 Å². The van der Waals surface area contributed by atoms with E-state index < -0.39 is 0 Å². The molecule has 0 heterocycles. The molecule has 0 spiro atoms. The van der Waals surface area contributed by atoms with Gasteiger partial charge in [-0.15, -0.1) is 0 Å². The molecule has 20 heavy (non-hydrogen) atoms. The van der Waals surface area contributed by atoms with Gasteiger partial charge in [0, 0.05) is 0 Å². The summed E-state index contributed by atoms with van der Waals surface area (Å²) in [5.41, 5.74) is 3.65. The summed E-state index contributed by atoms with van der Waals surface area (Å²) in [6, 6.07) is 0. The van der Waals surface area contributed by atoms with Crippen molar-refractivity contribution < 1.29 is 0 Å². The van der Waals surface area contributed by atoms with Gasteiger partial charge in [0.2, 0.25) is 0 Å². The lowest BCUT2D eigenvalue weighted by molar-refractivity contribution is 0.297. The fourth-order valence-corrected chi connectivity index (χ4v) is 2.27. The highest BCUT2D eigenvalue weighted by Crippen LogP contribution is 2.27. The van der Waals surface area contributed by atoms with Gasteiger partial charge in [-0.1, -0.05) is 77.3 Å². The number of rotatable bonds is 8. The zero-order valence-corrected chi connectivity index (χ0v) is 14.1. The van der Waals surface area contributed by atoms with Crippen LogP contribution in [0.1, 0.15) is 53.9 Å². The summed E-state index contributed by atoms with van der Waals surface area (Å²) >= 11 is 0. The maximum Gasteiger partial charge on any atom is -0.0262 e. The molecular weight excluding hydrogens is 240 g/mol. The van der Waals surface area contributed by atoms with Crippen LogP contribution >= 0.6 is 0 Å². The lowest BCUT2D eigenvalue weighted by atomic mass is 9.83. The predicted octanol–water partition coefficient (Wildman–Crippen LogP) is 6.64. The van der Waals surface area contributed by atoms with Crippen LogP contribution in [0, 0.1) is 11.3 Å². The minimum atomic E-state index is 0.430. The monoisotopic (exact) mass is 272 g/mol. The van der Waals surface area contributed by atoms with Gasteiger partial charge in [0.15, 0.2) is 0 Å². The maximum atomic E-state index is 3.95. The van der Waals surface area contributed by atoms with Crippen LogP contribution < -0.4 is 0 Å². The molecule has 0 aliphatic heterocycles. The lowest BCUT2D eigenvalue weighted by Crippen LogP contribution is -2.10. The van der Waals surface area contributed by atoms with Gasteiger partial charge in [0.25, 0.3) is 0 Å². The Labute approximate surface area is 126 Å². The molecule has 0 N–H and O–H groups in total. The molecule has 1 unspecified atom stereocenters. The molecular formula is C20H32. The van der Waals surface area contributed by atoms with Crippen molar-refractivity contribution in [1.82, 2.24) is 0 Å². The highest BCUT2D eigenvalue weighted by molar-refractivity contribution is 5.42. The Balaban J connectivity index is 4.21. The van der Waals surface area contributed by atoms with E-state index in [1.54, 1.807) is 6.08 Å². The van der Waals surface area contributed by atoms with Gasteiger partial charge in [0.05, 0.1) is 0 Å². The maximum absolute atomic E-state index is 3.95. The standard InChI is InChI=1S/C20H32/c1-9-18(4)19(5)12-10-11-16(2)13-14-17(3)15-20(6,7)8/h9-12,17H,1,4-5,13-15H2,2-3,6-8H3/b12-10-,16-11+. The molecule has 0 aromatic rings.